The molecule has 3 heterocycles. The van der Waals surface area contributed by atoms with Crippen molar-refractivity contribution in [1.29, 1.82) is 0 Å². The first-order chi connectivity index (χ1) is 13.8. The number of aromatic nitrogens is 3. The van der Waals surface area contributed by atoms with Gasteiger partial charge in [-0.2, -0.15) is 0 Å². The van der Waals surface area contributed by atoms with Gasteiger partial charge in [-0.25, -0.2) is 0 Å². The van der Waals surface area contributed by atoms with Crippen molar-refractivity contribution >= 4 is 21.8 Å². The normalized spacial score (nSPS) is 9.07. The van der Waals surface area contributed by atoms with E-state index in [2.05, 4.69) is 15.0 Å². The zero-order valence-electron chi connectivity index (χ0n) is 15.8. The molecule has 5 aromatic rings. The largest absolute Gasteiger partial charge is 2.00 e. The second-order valence-corrected chi connectivity index (χ2v) is 5.69. The molecule has 3 aromatic heterocycles. The zero-order chi connectivity index (χ0) is 19.6. The predicted molar refractivity (Wildman–Crippen MR) is 110 cm³/mol. The number of fused-ring (bicyclic) bond motifs is 2. The van der Waals surface area contributed by atoms with Gasteiger partial charge in [0, 0.05) is 24.8 Å². The Morgan fingerprint density at radius 2 is 0.933 bits per heavy atom. The van der Waals surface area contributed by atoms with Crippen LogP contribution in [0.25, 0.3) is 21.8 Å². The molecule has 5 rings (SSSR count). The number of para-hydroxylation sites is 2. The van der Waals surface area contributed by atoms with Gasteiger partial charge in [-0.1, -0.05) is 66.1 Å². The van der Waals surface area contributed by atoms with Crippen LogP contribution >= 0.6 is 0 Å². The van der Waals surface area contributed by atoms with Crippen molar-refractivity contribution in [3.63, 3.8) is 0 Å². The van der Waals surface area contributed by atoms with E-state index in [9.17, 15) is 10.2 Å². The summed E-state index contributed by atoms with van der Waals surface area (Å²) in [7, 11) is 0. The minimum absolute atomic E-state index is 0. The van der Waals surface area contributed by atoms with Gasteiger partial charge in [0.15, 0.2) is 0 Å². The molecule has 1 radical (unpaired) electrons. The Balaban J connectivity index is 0.000000227. The molecule has 0 bridgehead atoms. The van der Waals surface area contributed by atoms with Gasteiger partial charge in [0.1, 0.15) is 0 Å². The molecule has 0 saturated heterocycles. The third-order valence-corrected chi connectivity index (χ3v) is 3.76. The summed E-state index contributed by atoms with van der Waals surface area (Å²) in [6, 6.07) is 23.4. The maximum absolute atomic E-state index is 11.1. The second kappa shape index (κ2) is 12.9. The SMILES string of the molecule is O.[Cu+2].[O-]c1cccc2cccnc12.[O-]c1cccc2cccnc12.c1ccncc1. The molecule has 7 heteroatoms. The van der Waals surface area contributed by atoms with Gasteiger partial charge < -0.3 is 15.7 Å². The summed E-state index contributed by atoms with van der Waals surface area (Å²) in [6.45, 7) is 0. The van der Waals surface area contributed by atoms with Crippen LogP contribution < -0.4 is 10.2 Å². The number of rotatable bonds is 0. The number of pyridine rings is 3. The molecule has 0 amide bonds. The van der Waals surface area contributed by atoms with Crippen molar-refractivity contribution in [2.45, 2.75) is 0 Å². The Morgan fingerprint density at radius 1 is 0.500 bits per heavy atom. The summed E-state index contributed by atoms with van der Waals surface area (Å²) in [5.41, 5.74) is 1.10. The minimum Gasteiger partial charge on any atom is -0.871 e. The summed E-state index contributed by atoms with van der Waals surface area (Å²) in [5, 5.41) is 24.0. The smallest absolute Gasteiger partial charge is 0.871 e. The van der Waals surface area contributed by atoms with Gasteiger partial charge in [0.25, 0.3) is 0 Å². The number of hydrogen-bond donors (Lipinski definition) is 0. The molecule has 0 saturated carbocycles. The minimum atomic E-state index is -0.0110. The van der Waals surface area contributed by atoms with Crippen molar-refractivity contribution < 1.29 is 32.8 Å². The Hall–Kier alpha value is -3.51. The molecule has 155 valence electrons. The summed E-state index contributed by atoms with van der Waals surface area (Å²) in [4.78, 5) is 11.7. The molecule has 0 atom stereocenters. The van der Waals surface area contributed by atoms with Crippen molar-refractivity contribution in [3.8, 4) is 11.5 Å². The maximum Gasteiger partial charge on any atom is 2.00 e. The first-order valence-electron chi connectivity index (χ1n) is 8.62. The summed E-state index contributed by atoms with van der Waals surface area (Å²) >= 11 is 0. The first-order valence-corrected chi connectivity index (χ1v) is 8.62. The van der Waals surface area contributed by atoms with Crippen LogP contribution in [-0.2, 0) is 17.1 Å². The van der Waals surface area contributed by atoms with Crippen LogP contribution in [0.15, 0.2) is 104 Å². The molecule has 0 spiro atoms. The Bertz CT molecular complexity index is 1040. The third kappa shape index (κ3) is 6.83. The quantitative estimate of drug-likeness (QED) is 0.337. The molecular formula is C23H19CuN3O3. The number of benzene rings is 2. The Labute approximate surface area is 184 Å². The van der Waals surface area contributed by atoms with Gasteiger partial charge in [0.2, 0.25) is 0 Å². The van der Waals surface area contributed by atoms with E-state index in [-0.39, 0.29) is 34.0 Å². The van der Waals surface area contributed by atoms with E-state index in [0.29, 0.717) is 11.0 Å². The Morgan fingerprint density at radius 3 is 1.27 bits per heavy atom. The van der Waals surface area contributed by atoms with E-state index in [1.807, 2.05) is 54.6 Å². The van der Waals surface area contributed by atoms with E-state index in [0.717, 1.165) is 10.8 Å². The van der Waals surface area contributed by atoms with E-state index < -0.39 is 0 Å². The number of nitrogens with zero attached hydrogens (tertiary/aromatic N) is 3. The van der Waals surface area contributed by atoms with Gasteiger partial charge >= 0.3 is 17.1 Å². The molecule has 0 aliphatic heterocycles. The molecule has 6 nitrogen and oxygen atoms in total. The topological polar surface area (TPSA) is 116 Å². The van der Waals surface area contributed by atoms with Gasteiger partial charge in [-0.15, -0.1) is 0 Å². The van der Waals surface area contributed by atoms with Crippen LogP contribution in [0.2, 0.25) is 0 Å². The monoisotopic (exact) mass is 448 g/mol. The van der Waals surface area contributed by atoms with E-state index in [4.69, 9.17) is 0 Å². The van der Waals surface area contributed by atoms with E-state index in [1.54, 1.807) is 36.9 Å². The molecule has 30 heavy (non-hydrogen) atoms. The fraction of sp³-hybridized carbons (Fsp3) is 0. The van der Waals surface area contributed by atoms with Crippen LogP contribution in [0, 0.1) is 0 Å². The van der Waals surface area contributed by atoms with Crippen molar-refractivity contribution in [1.82, 2.24) is 15.0 Å². The predicted octanol–water partition coefficient (Wildman–Crippen LogP) is 2.87. The number of hydrogen-bond acceptors (Lipinski definition) is 5. The second-order valence-electron chi connectivity index (χ2n) is 5.69. The van der Waals surface area contributed by atoms with Gasteiger partial charge in [-0.05, 0) is 35.0 Å². The van der Waals surface area contributed by atoms with Gasteiger partial charge in [-0.3, -0.25) is 15.0 Å². The molecule has 0 aliphatic carbocycles. The third-order valence-electron chi connectivity index (χ3n) is 3.76. The van der Waals surface area contributed by atoms with Crippen molar-refractivity contribution in [3.05, 3.63) is 104 Å². The fourth-order valence-electron chi connectivity index (χ4n) is 2.47. The zero-order valence-corrected chi connectivity index (χ0v) is 16.7. The molecular weight excluding hydrogens is 430 g/mol. The van der Waals surface area contributed by atoms with Crippen molar-refractivity contribution in [2.75, 3.05) is 0 Å². The van der Waals surface area contributed by atoms with Gasteiger partial charge in [0.05, 0.1) is 11.0 Å². The first kappa shape index (κ1) is 24.5. The fourth-order valence-corrected chi connectivity index (χ4v) is 2.47. The summed E-state index contributed by atoms with van der Waals surface area (Å²) in [6.07, 6.45) is 6.76. The standard InChI is InChI=1S/2C9H7NO.C5H5N.Cu.H2O/c2*11-8-5-1-3-7-4-2-6-10-9(7)8;1-2-4-6-5-3-1;;/h2*1-6,11H;1-5H;;1H2/q;;;+2;/p-2. The van der Waals surface area contributed by atoms with Crippen LogP contribution in [-0.4, -0.2) is 20.4 Å². The van der Waals surface area contributed by atoms with E-state index in [1.165, 1.54) is 12.1 Å². The van der Waals surface area contributed by atoms with Crippen LogP contribution in [0.1, 0.15) is 0 Å². The van der Waals surface area contributed by atoms with E-state index >= 15 is 0 Å². The molecule has 0 fully saturated rings. The van der Waals surface area contributed by atoms with Crippen LogP contribution in [0.5, 0.6) is 11.5 Å². The Kier molecular flexibility index (Phi) is 10.5. The average Bonchev–Trinajstić information content (AvgIpc) is 2.77. The molecule has 0 aliphatic rings. The average molecular weight is 449 g/mol. The summed E-state index contributed by atoms with van der Waals surface area (Å²) in [5.74, 6) is -0.0220. The van der Waals surface area contributed by atoms with Crippen LogP contribution in [0.3, 0.4) is 0 Å². The molecule has 2 aromatic carbocycles. The van der Waals surface area contributed by atoms with Crippen LogP contribution in [0.4, 0.5) is 0 Å². The molecule has 0 unspecified atom stereocenters. The molecule has 2 N–H and O–H groups in total. The van der Waals surface area contributed by atoms with Crippen molar-refractivity contribution in [2.24, 2.45) is 0 Å². The summed E-state index contributed by atoms with van der Waals surface area (Å²) < 4.78 is 0. The maximum atomic E-state index is 11.1.